The molecule has 4 aliphatic rings. The molecule has 1 saturated carbocycles. The highest BCUT2D eigenvalue weighted by Gasteiger charge is 2.66. The third kappa shape index (κ3) is 4.63. The van der Waals surface area contributed by atoms with Crippen LogP contribution in [0.25, 0.3) is 5.57 Å². The quantitative estimate of drug-likeness (QED) is 0.167. The van der Waals surface area contributed by atoms with E-state index in [2.05, 4.69) is 0 Å². The Morgan fingerprint density at radius 2 is 1.54 bits per heavy atom. The second kappa shape index (κ2) is 12.3. The van der Waals surface area contributed by atoms with Crippen molar-refractivity contribution >= 4 is 46.2 Å². The van der Waals surface area contributed by atoms with Crippen molar-refractivity contribution in [3.63, 3.8) is 0 Å². The first-order valence-corrected chi connectivity index (χ1v) is 17.3. The van der Waals surface area contributed by atoms with E-state index in [4.69, 9.17) is 16.3 Å². The van der Waals surface area contributed by atoms with Gasteiger partial charge < -0.3 is 9.84 Å². The molecule has 0 spiro atoms. The molecule has 7 nitrogen and oxygen atoms in total. The number of fused-ring (bicyclic) bond motifs is 4. The van der Waals surface area contributed by atoms with Crippen LogP contribution in [0.5, 0.6) is 11.5 Å². The SMILES string of the molecule is CCOc1cccc([C@H]2C3=CC[C@@H]4C(=O)N(c5ccc(Cl)cc5)C(=O)[C@@H]4[C@@H]3C[C@H]3C(=O)C(c4ccccc4)=CC(=O)[C@@]23c2ccccc2)c1O. The number of phenolic OH excluding ortho intramolecular Hbond substituents is 1. The predicted octanol–water partition coefficient (Wildman–Crippen LogP) is 7.47. The zero-order valence-electron chi connectivity index (χ0n) is 27.3. The fourth-order valence-electron chi connectivity index (χ4n) is 9.11. The van der Waals surface area contributed by atoms with Gasteiger partial charge in [0.1, 0.15) is 0 Å². The largest absolute Gasteiger partial charge is 0.504 e. The van der Waals surface area contributed by atoms with Gasteiger partial charge in [0, 0.05) is 28.0 Å². The summed E-state index contributed by atoms with van der Waals surface area (Å²) in [6.07, 6.45) is 3.90. The van der Waals surface area contributed by atoms with E-state index < -0.39 is 35.0 Å². The van der Waals surface area contributed by atoms with Crippen LogP contribution >= 0.6 is 11.6 Å². The fourth-order valence-corrected chi connectivity index (χ4v) is 9.23. The smallest absolute Gasteiger partial charge is 0.238 e. The average Bonchev–Trinajstić information content (AvgIpc) is 3.40. The van der Waals surface area contributed by atoms with Crippen molar-refractivity contribution in [1.29, 1.82) is 0 Å². The van der Waals surface area contributed by atoms with Gasteiger partial charge in [-0.3, -0.25) is 24.1 Å². The Labute approximate surface area is 294 Å². The van der Waals surface area contributed by atoms with Crippen LogP contribution in [-0.4, -0.2) is 35.1 Å². The molecule has 2 amide bonds. The summed E-state index contributed by atoms with van der Waals surface area (Å²) in [5.74, 6) is -4.68. The summed E-state index contributed by atoms with van der Waals surface area (Å²) in [7, 11) is 0. The lowest BCUT2D eigenvalue weighted by molar-refractivity contribution is -0.135. The van der Waals surface area contributed by atoms with Crippen molar-refractivity contribution in [2.45, 2.75) is 31.1 Å². The van der Waals surface area contributed by atoms with E-state index in [1.54, 1.807) is 42.5 Å². The third-order valence-corrected chi connectivity index (χ3v) is 11.4. The molecular formula is C42H34ClNO6. The van der Waals surface area contributed by atoms with E-state index in [0.29, 0.717) is 39.6 Å². The summed E-state index contributed by atoms with van der Waals surface area (Å²) >= 11 is 6.14. The van der Waals surface area contributed by atoms with Crippen LogP contribution < -0.4 is 9.64 Å². The molecule has 0 radical (unpaired) electrons. The van der Waals surface area contributed by atoms with Gasteiger partial charge in [-0.1, -0.05) is 96.0 Å². The van der Waals surface area contributed by atoms with E-state index >= 15 is 9.59 Å². The Bertz CT molecular complexity index is 2110. The number of rotatable bonds is 6. The van der Waals surface area contributed by atoms with Crippen molar-refractivity contribution in [1.82, 2.24) is 0 Å². The molecule has 1 aliphatic heterocycles. The van der Waals surface area contributed by atoms with E-state index in [9.17, 15) is 14.7 Å². The number of allylic oxidation sites excluding steroid dienone is 4. The topological polar surface area (TPSA) is 101 Å². The lowest BCUT2D eigenvalue weighted by Crippen LogP contribution is -2.58. The first kappa shape index (κ1) is 32.0. The number of ether oxygens (including phenoxy) is 1. The Hall–Kier alpha value is -5.27. The number of aromatic hydroxyl groups is 1. The van der Waals surface area contributed by atoms with Gasteiger partial charge >= 0.3 is 0 Å². The molecular weight excluding hydrogens is 650 g/mol. The Kier molecular flexibility index (Phi) is 7.83. The van der Waals surface area contributed by atoms with Gasteiger partial charge in [0.15, 0.2) is 23.1 Å². The number of anilines is 1. The predicted molar refractivity (Wildman–Crippen MR) is 190 cm³/mol. The van der Waals surface area contributed by atoms with Gasteiger partial charge in [0.05, 0.1) is 29.5 Å². The number of amides is 2. The number of nitrogens with zero attached hydrogens (tertiary/aromatic N) is 1. The lowest BCUT2D eigenvalue weighted by Gasteiger charge is -2.55. The highest BCUT2D eigenvalue weighted by molar-refractivity contribution is 6.32. The van der Waals surface area contributed by atoms with Crippen molar-refractivity contribution in [2.75, 3.05) is 11.5 Å². The highest BCUT2D eigenvalue weighted by atomic mass is 35.5. The second-order valence-corrected chi connectivity index (χ2v) is 13.8. The van der Waals surface area contributed by atoms with E-state index in [1.807, 2.05) is 73.7 Å². The standard InChI is InChI=1S/C42H34ClNO6/c1-2-50-34-15-9-14-30(39(34)47)37-28-20-21-29-36(41(49)44(40(29)48)27-18-16-26(43)17-19-27)32(28)22-33-38(46)31(24-10-5-3-6-11-24)23-35(45)42(33,37)25-12-7-4-8-13-25/h3-20,23,29,32-33,36-37,47H,2,21-22H2,1H3/t29-,32+,33-,36-,37+,42-/m0/s1. The summed E-state index contributed by atoms with van der Waals surface area (Å²) in [6, 6.07) is 30.3. The maximum absolute atomic E-state index is 15.2. The fraction of sp³-hybridized carbons (Fsp3) is 0.238. The van der Waals surface area contributed by atoms with Crippen molar-refractivity contribution in [2.24, 2.45) is 23.7 Å². The molecule has 2 fully saturated rings. The van der Waals surface area contributed by atoms with Gasteiger partial charge in [-0.05, 0) is 73.2 Å². The molecule has 4 aromatic carbocycles. The number of carbonyl (C=O) groups is 4. The van der Waals surface area contributed by atoms with Gasteiger partial charge in [0.25, 0.3) is 0 Å². The van der Waals surface area contributed by atoms with Gasteiger partial charge in [-0.25, -0.2) is 0 Å². The molecule has 8 heteroatoms. The number of para-hydroxylation sites is 1. The van der Waals surface area contributed by atoms with Gasteiger partial charge in [-0.15, -0.1) is 0 Å². The van der Waals surface area contributed by atoms with Crippen LogP contribution in [0.2, 0.25) is 5.02 Å². The second-order valence-electron chi connectivity index (χ2n) is 13.4. The first-order chi connectivity index (χ1) is 24.3. The Balaban J connectivity index is 1.37. The summed E-state index contributed by atoms with van der Waals surface area (Å²) in [6.45, 7) is 2.13. The molecule has 0 aromatic heterocycles. The number of carbonyl (C=O) groups excluding carboxylic acids is 4. The highest BCUT2D eigenvalue weighted by Crippen LogP contribution is 2.65. The minimum absolute atomic E-state index is 0.119. The molecule has 0 unspecified atom stereocenters. The number of halogens is 1. The molecule has 0 bridgehead atoms. The molecule has 50 heavy (non-hydrogen) atoms. The molecule has 1 heterocycles. The van der Waals surface area contributed by atoms with Crippen molar-refractivity contribution in [3.05, 3.63) is 143 Å². The zero-order chi connectivity index (χ0) is 34.7. The maximum atomic E-state index is 15.2. The van der Waals surface area contributed by atoms with Crippen LogP contribution in [-0.2, 0) is 24.6 Å². The summed E-state index contributed by atoms with van der Waals surface area (Å²) < 4.78 is 5.83. The number of benzene rings is 4. The monoisotopic (exact) mass is 683 g/mol. The minimum Gasteiger partial charge on any atom is -0.504 e. The van der Waals surface area contributed by atoms with Crippen LogP contribution in [0.4, 0.5) is 5.69 Å². The molecule has 8 rings (SSSR count). The summed E-state index contributed by atoms with van der Waals surface area (Å²) in [4.78, 5) is 59.9. The molecule has 6 atom stereocenters. The van der Waals surface area contributed by atoms with Crippen LogP contribution in [0.3, 0.4) is 0 Å². The number of hydrogen-bond donors (Lipinski definition) is 1. The zero-order valence-corrected chi connectivity index (χ0v) is 28.0. The number of Topliss-reactive ketones (excluding diaryl/α,β-unsaturated/α-hetero) is 1. The molecule has 1 saturated heterocycles. The summed E-state index contributed by atoms with van der Waals surface area (Å²) in [5.41, 5.74) is 1.79. The van der Waals surface area contributed by atoms with E-state index in [0.717, 1.165) is 5.57 Å². The van der Waals surface area contributed by atoms with E-state index in [1.165, 1.54) is 11.0 Å². The van der Waals surface area contributed by atoms with Gasteiger partial charge in [0.2, 0.25) is 11.8 Å². The van der Waals surface area contributed by atoms with Crippen LogP contribution in [0.1, 0.15) is 42.4 Å². The number of imide groups is 1. The summed E-state index contributed by atoms with van der Waals surface area (Å²) in [5, 5.41) is 12.4. The number of ketones is 2. The van der Waals surface area contributed by atoms with Gasteiger partial charge in [-0.2, -0.15) is 0 Å². The number of hydrogen-bond acceptors (Lipinski definition) is 6. The van der Waals surface area contributed by atoms with Crippen molar-refractivity contribution < 1.29 is 29.0 Å². The molecule has 4 aromatic rings. The maximum Gasteiger partial charge on any atom is 0.238 e. The Morgan fingerprint density at radius 3 is 2.24 bits per heavy atom. The van der Waals surface area contributed by atoms with E-state index in [-0.39, 0.29) is 47.7 Å². The average molecular weight is 684 g/mol. The number of phenols is 1. The minimum atomic E-state index is -1.45. The van der Waals surface area contributed by atoms with Crippen LogP contribution in [0, 0.1) is 23.7 Å². The molecule has 250 valence electrons. The molecule has 3 aliphatic carbocycles. The molecule has 1 N–H and O–H groups in total. The van der Waals surface area contributed by atoms with Crippen molar-refractivity contribution in [3.8, 4) is 11.5 Å². The normalized spacial score (nSPS) is 27.2. The lowest BCUT2D eigenvalue weighted by atomic mass is 9.44. The Morgan fingerprint density at radius 1 is 0.840 bits per heavy atom. The van der Waals surface area contributed by atoms with Crippen LogP contribution in [0.15, 0.2) is 121 Å². The first-order valence-electron chi connectivity index (χ1n) is 17.0. The third-order valence-electron chi connectivity index (χ3n) is 11.1.